The van der Waals surface area contributed by atoms with E-state index in [0.717, 1.165) is 30.6 Å². The van der Waals surface area contributed by atoms with Gasteiger partial charge in [-0.25, -0.2) is 0 Å². The van der Waals surface area contributed by atoms with E-state index in [9.17, 15) is 0 Å². The predicted molar refractivity (Wildman–Crippen MR) is 74.8 cm³/mol. The van der Waals surface area contributed by atoms with Crippen LogP contribution >= 0.6 is 11.6 Å². The van der Waals surface area contributed by atoms with Crippen LogP contribution in [-0.2, 0) is 6.54 Å². The quantitative estimate of drug-likeness (QED) is 0.888. The van der Waals surface area contributed by atoms with Gasteiger partial charge in [0.1, 0.15) is 0 Å². The number of anilines is 1. The minimum absolute atomic E-state index is 0.855. The molecule has 0 spiro atoms. The average Bonchev–Trinajstić information content (AvgIpc) is 2.31. The smallest absolute Gasteiger partial charge is 0.0642 e. The number of hydrogen-bond acceptors (Lipinski definition) is 2. The summed E-state index contributed by atoms with van der Waals surface area (Å²) in [6.07, 6.45) is 2.54. The second kappa shape index (κ2) is 5.74. The SMILES string of the molecule is CNCc1ccc(N2CCC(C)CC2)c(Cl)c1. The minimum Gasteiger partial charge on any atom is -0.370 e. The third-order valence-electron chi connectivity index (χ3n) is 3.52. The van der Waals surface area contributed by atoms with Gasteiger partial charge in [0, 0.05) is 19.6 Å². The molecule has 2 rings (SSSR count). The Hall–Kier alpha value is -0.730. The van der Waals surface area contributed by atoms with E-state index in [2.05, 4.69) is 35.3 Å². The van der Waals surface area contributed by atoms with Crippen LogP contribution in [-0.4, -0.2) is 20.1 Å². The lowest BCUT2D eigenvalue weighted by molar-refractivity contribution is 0.438. The van der Waals surface area contributed by atoms with Gasteiger partial charge in [0.25, 0.3) is 0 Å². The molecule has 1 N–H and O–H groups in total. The fourth-order valence-electron chi connectivity index (χ4n) is 2.37. The lowest BCUT2D eigenvalue weighted by atomic mass is 9.98. The summed E-state index contributed by atoms with van der Waals surface area (Å²) in [5, 5.41) is 4.03. The van der Waals surface area contributed by atoms with Crippen LogP contribution in [0, 0.1) is 5.92 Å². The molecule has 0 unspecified atom stereocenters. The molecule has 0 amide bonds. The van der Waals surface area contributed by atoms with Gasteiger partial charge in [0.15, 0.2) is 0 Å². The van der Waals surface area contributed by atoms with Crippen molar-refractivity contribution in [3.63, 3.8) is 0 Å². The minimum atomic E-state index is 0.855. The Bertz CT molecular complexity index is 370. The highest BCUT2D eigenvalue weighted by Gasteiger charge is 2.17. The van der Waals surface area contributed by atoms with Crippen LogP contribution in [0.5, 0.6) is 0 Å². The molecule has 17 heavy (non-hydrogen) atoms. The van der Waals surface area contributed by atoms with Crippen molar-refractivity contribution < 1.29 is 0 Å². The van der Waals surface area contributed by atoms with E-state index < -0.39 is 0 Å². The van der Waals surface area contributed by atoms with E-state index >= 15 is 0 Å². The molecule has 1 saturated heterocycles. The molecule has 1 aliphatic heterocycles. The molecule has 3 heteroatoms. The Labute approximate surface area is 109 Å². The van der Waals surface area contributed by atoms with Crippen LogP contribution in [0.3, 0.4) is 0 Å². The van der Waals surface area contributed by atoms with Crippen LogP contribution in [0.4, 0.5) is 5.69 Å². The van der Waals surface area contributed by atoms with E-state index in [1.165, 1.54) is 24.1 Å². The lowest BCUT2D eigenvalue weighted by Crippen LogP contribution is -2.32. The summed E-state index contributed by atoms with van der Waals surface area (Å²) in [4.78, 5) is 2.41. The first kappa shape index (κ1) is 12.7. The Morgan fingerprint density at radius 3 is 2.65 bits per heavy atom. The number of rotatable bonds is 3. The summed E-state index contributed by atoms with van der Waals surface area (Å²) in [6, 6.07) is 6.40. The number of halogens is 1. The van der Waals surface area contributed by atoms with Gasteiger partial charge < -0.3 is 10.2 Å². The molecule has 0 radical (unpaired) electrons. The van der Waals surface area contributed by atoms with Gasteiger partial charge in [-0.3, -0.25) is 0 Å². The molecule has 0 atom stereocenters. The first-order valence-corrected chi connectivity index (χ1v) is 6.76. The molecule has 1 heterocycles. The van der Waals surface area contributed by atoms with Crippen LogP contribution in [0.15, 0.2) is 18.2 Å². The normalized spacial score (nSPS) is 17.5. The highest BCUT2D eigenvalue weighted by atomic mass is 35.5. The van der Waals surface area contributed by atoms with Crippen molar-refractivity contribution in [3.05, 3.63) is 28.8 Å². The summed E-state index contributed by atoms with van der Waals surface area (Å²) < 4.78 is 0. The summed E-state index contributed by atoms with van der Waals surface area (Å²) in [7, 11) is 1.95. The van der Waals surface area contributed by atoms with Gasteiger partial charge in [-0.1, -0.05) is 24.6 Å². The van der Waals surface area contributed by atoms with Crippen molar-refractivity contribution in [3.8, 4) is 0 Å². The Morgan fingerprint density at radius 2 is 2.06 bits per heavy atom. The number of piperidine rings is 1. The van der Waals surface area contributed by atoms with Crippen LogP contribution < -0.4 is 10.2 Å². The van der Waals surface area contributed by atoms with Gasteiger partial charge in [-0.15, -0.1) is 0 Å². The predicted octanol–water partition coefficient (Wildman–Crippen LogP) is 3.30. The molecule has 0 bridgehead atoms. The summed E-state index contributed by atoms with van der Waals surface area (Å²) in [5.74, 6) is 0.855. The van der Waals surface area contributed by atoms with Gasteiger partial charge >= 0.3 is 0 Å². The van der Waals surface area contributed by atoms with Crippen molar-refractivity contribution in [1.82, 2.24) is 5.32 Å². The van der Waals surface area contributed by atoms with Crippen LogP contribution in [0.2, 0.25) is 5.02 Å². The van der Waals surface area contributed by atoms with Gasteiger partial charge in [0.05, 0.1) is 10.7 Å². The topological polar surface area (TPSA) is 15.3 Å². The van der Waals surface area contributed by atoms with E-state index in [0.29, 0.717) is 0 Å². The molecule has 2 nitrogen and oxygen atoms in total. The number of benzene rings is 1. The third-order valence-corrected chi connectivity index (χ3v) is 3.82. The van der Waals surface area contributed by atoms with Crippen molar-refractivity contribution in [2.45, 2.75) is 26.3 Å². The zero-order chi connectivity index (χ0) is 12.3. The summed E-state index contributed by atoms with van der Waals surface area (Å²) >= 11 is 6.37. The highest BCUT2D eigenvalue weighted by Crippen LogP contribution is 2.30. The van der Waals surface area contributed by atoms with E-state index in [1.54, 1.807) is 0 Å². The van der Waals surface area contributed by atoms with E-state index in [-0.39, 0.29) is 0 Å². The van der Waals surface area contributed by atoms with Crippen molar-refractivity contribution in [2.75, 3.05) is 25.0 Å². The van der Waals surface area contributed by atoms with Crippen molar-refractivity contribution >= 4 is 17.3 Å². The highest BCUT2D eigenvalue weighted by molar-refractivity contribution is 6.33. The molecular weight excluding hydrogens is 232 g/mol. The molecule has 1 aliphatic rings. The first-order valence-electron chi connectivity index (χ1n) is 6.38. The maximum absolute atomic E-state index is 6.37. The van der Waals surface area contributed by atoms with E-state index in [4.69, 9.17) is 11.6 Å². The zero-order valence-corrected chi connectivity index (χ0v) is 11.4. The molecular formula is C14H21ClN2. The fraction of sp³-hybridized carbons (Fsp3) is 0.571. The van der Waals surface area contributed by atoms with Crippen LogP contribution in [0.1, 0.15) is 25.3 Å². The Morgan fingerprint density at radius 1 is 1.35 bits per heavy atom. The first-order chi connectivity index (χ1) is 8.20. The van der Waals surface area contributed by atoms with Gasteiger partial charge in [0.2, 0.25) is 0 Å². The molecule has 0 aliphatic carbocycles. The lowest BCUT2D eigenvalue weighted by Gasteiger charge is -2.32. The van der Waals surface area contributed by atoms with Crippen molar-refractivity contribution in [1.29, 1.82) is 0 Å². The van der Waals surface area contributed by atoms with Gasteiger partial charge in [-0.05, 0) is 43.5 Å². The monoisotopic (exact) mass is 252 g/mol. The molecule has 0 saturated carbocycles. The average molecular weight is 253 g/mol. The number of hydrogen-bond donors (Lipinski definition) is 1. The standard InChI is InChI=1S/C14H21ClN2/c1-11-5-7-17(8-6-11)14-4-3-12(10-16-2)9-13(14)15/h3-4,9,11,16H,5-8,10H2,1-2H3. The molecule has 94 valence electrons. The summed E-state index contributed by atoms with van der Waals surface area (Å²) in [6.45, 7) is 5.46. The van der Waals surface area contributed by atoms with Crippen LogP contribution in [0.25, 0.3) is 0 Å². The molecule has 1 aromatic rings. The fourth-order valence-corrected chi connectivity index (χ4v) is 2.69. The Kier molecular flexibility index (Phi) is 4.30. The second-order valence-electron chi connectivity index (χ2n) is 4.99. The Balaban J connectivity index is 2.10. The largest absolute Gasteiger partial charge is 0.370 e. The third kappa shape index (κ3) is 3.14. The van der Waals surface area contributed by atoms with Gasteiger partial charge in [-0.2, -0.15) is 0 Å². The maximum atomic E-state index is 6.37. The van der Waals surface area contributed by atoms with E-state index in [1.807, 2.05) is 7.05 Å². The second-order valence-corrected chi connectivity index (χ2v) is 5.39. The summed E-state index contributed by atoms with van der Waals surface area (Å²) in [5.41, 5.74) is 2.44. The molecule has 1 aromatic carbocycles. The maximum Gasteiger partial charge on any atom is 0.0642 e. The zero-order valence-electron chi connectivity index (χ0n) is 10.7. The molecule has 1 fully saturated rings. The molecule has 0 aromatic heterocycles. The number of nitrogens with one attached hydrogen (secondary N) is 1. The van der Waals surface area contributed by atoms with Crippen molar-refractivity contribution in [2.24, 2.45) is 5.92 Å². The number of nitrogens with zero attached hydrogens (tertiary/aromatic N) is 1.